The second-order valence-electron chi connectivity index (χ2n) is 4.73. The number of primary amides is 2. The Hall–Kier alpha value is -2.36. The lowest BCUT2D eigenvalue weighted by Crippen LogP contribution is -2.11. The van der Waals surface area contributed by atoms with Crippen LogP contribution in [0.4, 0.5) is 0 Å². The molecule has 0 aliphatic rings. The number of carbonyl (C=O) groups is 2. The molecule has 2 amide bonds. The van der Waals surface area contributed by atoms with E-state index < -0.39 is 11.8 Å². The molecule has 0 saturated carbocycles. The maximum atomic E-state index is 10.9. The molecule has 0 aliphatic carbocycles. The molecule has 106 valence electrons. The zero-order chi connectivity index (χ0) is 15.1. The van der Waals surface area contributed by atoms with Gasteiger partial charge >= 0.3 is 0 Å². The highest BCUT2D eigenvalue weighted by atomic mass is 16.1. The van der Waals surface area contributed by atoms with Gasteiger partial charge in [-0.15, -0.1) is 0 Å². The molecule has 0 saturated heterocycles. The number of amides is 2. The average molecular weight is 272 g/mol. The summed E-state index contributed by atoms with van der Waals surface area (Å²) in [4.78, 5) is 21.8. The molecule has 1 rings (SSSR count). The van der Waals surface area contributed by atoms with Crippen LogP contribution in [0, 0.1) is 0 Å². The monoisotopic (exact) mass is 272 g/mol. The number of hydrogen-bond acceptors (Lipinski definition) is 2. The lowest BCUT2D eigenvalue weighted by Gasteiger charge is -2.01. The summed E-state index contributed by atoms with van der Waals surface area (Å²) in [6.07, 6.45) is 4.97. The molecule has 0 aliphatic heterocycles. The molecule has 1 aromatic carbocycles. The lowest BCUT2D eigenvalue weighted by atomic mass is 10.0. The van der Waals surface area contributed by atoms with Crippen LogP contribution in [0.2, 0.25) is 0 Å². The molecule has 0 heterocycles. The fourth-order valence-electron chi connectivity index (χ4n) is 1.55. The SMILES string of the molecule is CC(=CCc1ccc(CC=C(C)C(N)=O)cc1)C(N)=O. The highest BCUT2D eigenvalue weighted by Crippen LogP contribution is 2.09. The van der Waals surface area contributed by atoms with Crippen molar-refractivity contribution in [1.29, 1.82) is 0 Å². The van der Waals surface area contributed by atoms with E-state index in [4.69, 9.17) is 11.5 Å². The maximum absolute atomic E-state index is 10.9. The Morgan fingerprint density at radius 3 is 1.40 bits per heavy atom. The van der Waals surface area contributed by atoms with E-state index in [-0.39, 0.29) is 0 Å². The third-order valence-corrected chi connectivity index (χ3v) is 3.09. The first kappa shape index (κ1) is 15.7. The smallest absolute Gasteiger partial charge is 0.244 e. The van der Waals surface area contributed by atoms with Gasteiger partial charge in [-0.25, -0.2) is 0 Å². The summed E-state index contributed by atoms with van der Waals surface area (Å²) in [5.74, 6) is -0.789. The van der Waals surface area contributed by atoms with E-state index in [0.29, 0.717) is 24.0 Å². The number of nitrogens with two attached hydrogens (primary N) is 2. The minimum atomic E-state index is -0.395. The van der Waals surface area contributed by atoms with Gasteiger partial charge in [0, 0.05) is 11.1 Å². The van der Waals surface area contributed by atoms with Gasteiger partial charge in [-0.1, -0.05) is 36.4 Å². The number of allylic oxidation sites excluding steroid dienone is 2. The fourth-order valence-corrected chi connectivity index (χ4v) is 1.55. The molecular weight excluding hydrogens is 252 g/mol. The molecule has 0 unspecified atom stereocenters. The minimum absolute atomic E-state index is 0.395. The summed E-state index contributed by atoms with van der Waals surface area (Å²) in [5, 5.41) is 0. The molecule has 4 nitrogen and oxygen atoms in total. The van der Waals surface area contributed by atoms with Gasteiger partial charge in [0.15, 0.2) is 0 Å². The topological polar surface area (TPSA) is 86.2 Å². The van der Waals surface area contributed by atoms with Crippen LogP contribution in [0.25, 0.3) is 0 Å². The molecule has 0 spiro atoms. The van der Waals surface area contributed by atoms with Gasteiger partial charge in [0.25, 0.3) is 0 Å². The van der Waals surface area contributed by atoms with Gasteiger partial charge in [-0.2, -0.15) is 0 Å². The summed E-state index contributed by atoms with van der Waals surface area (Å²) in [6, 6.07) is 7.97. The number of hydrogen-bond donors (Lipinski definition) is 2. The van der Waals surface area contributed by atoms with Crippen molar-refractivity contribution in [2.75, 3.05) is 0 Å². The normalized spacial score (nSPS) is 12.3. The third-order valence-electron chi connectivity index (χ3n) is 3.09. The highest BCUT2D eigenvalue weighted by molar-refractivity contribution is 5.91. The van der Waals surface area contributed by atoms with Crippen molar-refractivity contribution in [2.45, 2.75) is 26.7 Å². The third kappa shape index (κ3) is 5.10. The molecule has 0 aromatic heterocycles. The molecule has 0 bridgehead atoms. The van der Waals surface area contributed by atoms with Gasteiger partial charge in [0.1, 0.15) is 0 Å². The van der Waals surface area contributed by atoms with E-state index in [1.165, 1.54) is 0 Å². The van der Waals surface area contributed by atoms with Gasteiger partial charge in [0.2, 0.25) is 11.8 Å². The van der Waals surface area contributed by atoms with Crippen molar-refractivity contribution in [3.8, 4) is 0 Å². The van der Waals surface area contributed by atoms with Crippen molar-refractivity contribution in [2.24, 2.45) is 11.5 Å². The second kappa shape index (κ2) is 7.28. The molecule has 0 atom stereocenters. The van der Waals surface area contributed by atoms with Crippen LogP contribution in [0.15, 0.2) is 47.6 Å². The molecule has 0 fully saturated rings. The van der Waals surface area contributed by atoms with Crippen molar-refractivity contribution in [1.82, 2.24) is 0 Å². The Kier molecular flexibility index (Phi) is 5.72. The van der Waals surface area contributed by atoms with E-state index >= 15 is 0 Å². The summed E-state index contributed by atoms with van der Waals surface area (Å²) in [7, 11) is 0. The maximum Gasteiger partial charge on any atom is 0.244 e. The van der Waals surface area contributed by atoms with Crippen LogP contribution in [-0.4, -0.2) is 11.8 Å². The predicted molar refractivity (Wildman–Crippen MR) is 79.8 cm³/mol. The molecular formula is C16H20N2O2. The summed E-state index contributed by atoms with van der Waals surface area (Å²) < 4.78 is 0. The van der Waals surface area contributed by atoms with Gasteiger partial charge < -0.3 is 11.5 Å². The molecule has 0 radical (unpaired) electrons. The zero-order valence-corrected chi connectivity index (χ0v) is 11.8. The first-order chi connectivity index (χ1) is 9.40. The Bertz CT molecular complexity index is 503. The minimum Gasteiger partial charge on any atom is -0.366 e. The lowest BCUT2D eigenvalue weighted by molar-refractivity contribution is -0.115. The van der Waals surface area contributed by atoms with Crippen LogP contribution in [0.3, 0.4) is 0 Å². The van der Waals surface area contributed by atoms with Gasteiger partial charge in [0.05, 0.1) is 0 Å². The van der Waals surface area contributed by atoms with Crippen LogP contribution in [0.1, 0.15) is 25.0 Å². The van der Waals surface area contributed by atoms with Crippen molar-refractivity contribution in [3.63, 3.8) is 0 Å². The summed E-state index contributed by atoms with van der Waals surface area (Å²) in [5.41, 5.74) is 13.7. The van der Waals surface area contributed by atoms with Crippen molar-refractivity contribution < 1.29 is 9.59 Å². The standard InChI is InChI=1S/C16H20N2O2/c1-11(15(17)19)3-5-13-7-9-14(10-8-13)6-4-12(2)16(18)20/h3-4,7-10H,5-6H2,1-2H3,(H2,17,19)(H2,18,20). The Balaban J connectivity index is 2.65. The molecule has 4 N–H and O–H groups in total. The van der Waals surface area contributed by atoms with Crippen LogP contribution in [-0.2, 0) is 22.4 Å². The van der Waals surface area contributed by atoms with Gasteiger partial charge in [-0.05, 0) is 37.8 Å². The van der Waals surface area contributed by atoms with Crippen LogP contribution in [0.5, 0.6) is 0 Å². The second-order valence-corrected chi connectivity index (χ2v) is 4.73. The molecule has 1 aromatic rings. The van der Waals surface area contributed by atoms with Crippen LogP contribution >= 0.6 is 0 Å². The van der Waals surface area contributed by atoms with E-state index in [9.17, 15) is 9.59 Å². The quantitative estimate of drug-likeness (QED) is 0.771. The number of rotatable bonds is 6. The van der Waals surface area contributed by atoms with Crippen molar-refractivity contribution >= 4 is 11.8 Å². The zero-order valence-electron chi connectivity index (χ0n) is 11.8. The van der Waals surface area contributed by atoms with E-state index in [2.05, 4.69) is 0 Å². The highest BCUT2D eigenvalue weighted by Gasteiger charge is 1.99. The van der Waals surface area contributed by atoms with E-state index in [0.717, 1.165) is 11.1 Å². The fraction of sp³-hybridized carbons (Fsp3) is 0.250. The summed E-state index contributed by atoms with van der Waals surface area (Å²) in [6.45, 7) is 3.40. The predicted octanol–water partition coefficient (Wildman–Crippen LogP) is 1.63. The average Bonchev–Trinajstić information content (AvgIpc) is 2.42. The first-order valence-electron chi connectivity index (χ1n) is 6.41. The molecule has 20 heavy (non-hydrogen) atoms. The molecule has 4 heteroatoms. The Labute approximate surface area is 119 Å². The van der Waals surface area contributed by atoms with E-state index in [1.54, 1.807) is 13.8 Å². The first-order valence-corrected chi connectivity index (χ1v) is 6.41. The van der Waals surface area contributed by atoms with Crippen molar-refractivity contribution in [3.05, 3.63) is 58.7 Å². The Morgan fingerprint density at radius 1 is 0.850 bits per heavy atom. The van der Waals surface area contributed by atoms with E-state index in [1.807, 2.05) is 36.4 Å². The number of benzene rings is 1. The number of carbonyl (C=O) groups excluding carboxylic acids is 2. The Morgan fingerprint density at radius 2 is 1.15 bits per heavy atom. The van der Waals surface area contributed by atoms with Gasteiger partial charge in [-0.3, -0.25) is 9.59 Å². The summed E-state index contributed by atoms with van der Waals surface area (Å²) >= 11 is 0. The van der Waals surface area contributed by atoms with Crippen LogP contribution < -0.4 is 11.5 Å². The largest absolute Gasteiger partial charge is 0.366 e.